The number of fused-ring (bicyclic) bond motifs is 1. The molecule has 5 nitrogen and oxygen atoms in total. The lowest BCUT2D eigenvalue weighted by Gasteiger charge is -2.27. The Hall–Kier alpha value is -1.43. The van der Waals surface area contributed by atoms with Crippen molar-refractivity contribution >= 4 is 11.6 Å². The molecule has 116 valence electrons. The third-order valence-electron chi connectivity index (χ3n) is 3.86. The van der Waals surface area contributed by atoms with Crippen molar-refractivity contribution in [1.82, 2.24) is 4.90 Å². The molecule has 1 heterocycles. The first kappa shape index (κ1) is 15.9. The Morgan fingerprint density at radius 2 is 2.19 bits per heavy atom. The Kier molecular flexibility index (Phi) is 5.73. The number of para-hydroxylation sites is 1. The van der Waals surface area contributed by atoms with Gasteiger partial charge in [-0.05, 0) is 25.0 Å². The number of benzene rings is 1. The molecular weight excluding hydrogens is 268 g/mol. The molecule has 1 aliphatic heterocycles. The summed E-state index contributed by atoms with van der Waals surface area (Å²) in [6, 6.07) is 8.25. The van der Waals surface area contributed by atoms with Crippen LogP contribution in [0.5, 0.6) is 0 Å². The maximum Gasteiger partial charge on any atom is 0.241 e. The van der Waals surface area contributed by atoms with E-state index in [1.54, 1.807) is 7.11 Å². The van der Waals surface area contributed by atoms with E-state index in [0.717, 1.165) is 12.1 Å². The molecule has 2 rings (SSSR count). The molecule has 1 amide bonds. The minimum absolute atomic E-state index is 0.0448. The predicted molar refractivity (Wildman–Crippen MR) is 82.5 cm³/mol. The molecule has 0 radical (unpaired) electrons. The summed E-state index contributed by atoms with van der Waals surface area (Å²) in [7, 11) is 1.64. The lowest BCUT2D eigenvalue weighted by Crippen LogP contribution is -2.44. The summed E-state index contributed by atoms with van der Waals surface area (Å²) in [5.41, 5.74) is 2.25. The maximum absolute atomic E-state index is 12.6. The van der Waals surface area contributed by atoms with Crippen LogP contribution in [0.4, 0.5) is 5.69 Å². The number of amides is 1. The van der Waals surface area contributed by atoms with Crippen molar-refractivity contribution in [1.29, 1.82) is 0 Å². The van der Waals surface area contributed by atoms with E-state index in [1.807, 2.05) is 28.0 Å². The average molecular weight is 292 g/mol. The van der Waals surface area contributed by atoms with Gasteiger partial charge in [-0.2, -0.15) is 0 Å². The first-order valence-corrected chi connectivity index (χ1v) is 7.39. The number of hydrogen-bond acceptors (Lipinski definition) is 4. The van der Waals surface area contributed by atoms with Crippen molar-refractivity contribution in [2.75, 3.05) is 44.9 Å². The summed E-state index contributed by atoms with van der Waals surface area (Å²) in [6.07, 6.45) is 0.903. The van der Waals surface area contributed by atoms with Crippen LogP contribution in [0.3, 0.4) is 0 Å². The van der Waals surface area contributed by atoms with Crippen molar-refractivity contribution in [3.8, 4) is 0 Å². The molecule has 0 saturated heterocycles. The van der Waals surface area contributed by atoms with E-state index in [2.05, 4.69) is 13.0 Å². The average Bonchev–Trinajstić information content (AvgIpc) is 2.80. The van der Waals surface area contributed by atoms with E-state index in [9.17, 15) is 4.79 Å². The van der Waals surface area contributed by atoms with Gasteiger partial charge in [0.05, 0.1) is 19.8 Å². The lowest BCUT2D eigenvalue weighted by molar-refractivity contribution is -0.120. The molecule has 1 aliphatic rings. The van der Waals surface area contributed by atoms with E-state index in [-0.39, 0.29) is 18.6 Å². The zero-order valence-electron chi connectivity index (χ0n) is 12.8. The number of anilines is 1. The summed E-state index contributed by atoms with van der Waals surface area (Å²) in [5, 5.41) is 9.12. The number of ether oxygens (including phenoxy) is 1. The number of methoxy groups -OCH3 is 1. The molecule has 0 aromatic heterocycles. The third kappa shape index (κ3) is 3.81. The summed E-state index contributed by atoms with van der Waals surface area (Å²) in [5.74, 6) is 0.0806. The first-order valence-electron chi connectivity index (χ1n) is 7.39. The van der Waals surface area contributed by atoms with Gasteiger partial charge in [0.25, 0.3) is 0 Å². The normalized spacial score (nSPS) is 17.3. The van der Waals surface area contributed by atoms with Crippen molar-refractivity contribution in [3.05, 3.63) is 29.8 Å². The number of carbonyl (C=O) groups excluding carboxylic acids is 1. The summed E-state index contributed by atoms with van der Waals surface area (Å²) in [6.45, 7) is 4.11. The zero-order chi connectivity index (χ0) is 15.2. The van der Waals surface area contributed by atoms with E-state index in [0.29, 0.717) is 26.2 Å². The van der Waals surface area contributed by atoms with Crippen LogP contribution in [0.15, 0.2) is 24.3 Å². The standard InChI is InChI=1S/C16H24N2O3/c1-13-11-14-5-3-4-6-15(14)18(13)16(20)12-17(7-9-19)8-10-21-2/h3-6,13,19H,7-12H2,1-2H3. The number of aliphatic hydroxyl groups is 1. The van der Waals surface area contributed by atoms with Crippen LogP contribution in [-0.4, -0.2) is 61.9 Å². The topological polar surface area (TPSA) is 53.0 Å². The number of aliphatic hydroxyl groups excluding tert-OH is 1. The predicted octanol–water partition coefficient (Wildman–Crippen LogP) is 0.905. The highest BCUT2D eigenvalue weighted by Gasteiger charge is 2.31. The van der Waals surface area contributed by atoms with Gasteiger partial charge < -0.3 is 14.7 Å². The Bertz CT molecular complexity index is 478. The molecule has 0 fully saturated rings. The fourth-order valence-electron chi connectivity index (χ4n) is 2.84. The Balaban J connectivity index is 2.05. The molecular formula is C16H24N2O3. The van der Waals surface area contributed by atoms with Crippen molar-refractivity contribution in [2.24, 2.45) is 0 Å². The minimum atomic E-state index is 0.0448. The highest BCUT2D eigenvalue weighted by Crippen LogP contribution is 2.31. The van der Waals surface area contributed by atoms with Crippen LogP contribution < -0.4 is 4.90 Å². The van der Waals surface area contributed by atoms with Crippen molar-refractivity contribution in [3.63, 3.8) is 0 Å². The fourth-order valence-corrected chi connectivity index (χ4v) is 2.84. The molecule has 5 heteroatoms. The number of carbonyl (C=O) groups is 1. The smallest absolute Gasteiger partial charge is 0.241 e. The van der Waals surface area contributed by atoms with E-state index in [4.69, 9.17) is 9.84 Å². The largest absolute Gasteiger partial charge is 0.395 e. The zero-order valence-corrected chi connectivity index (χ0v) is 12.8. The Morgan fingerprint density at radius 1 is 1.43 bits per heavy atom. The van der Waals surface area contributed by atoms with Gasteiger partial charge in [-0.25, -0.2) is 0 Å². The number of hydrogen-bond donors (Lipinski definition) is 1. The Morgan fingerprint density at radius 3 is 2.90 bits per heavy atom. The minimum Gasteiger partial charge on any atom is -0.395 e. The molecule has 0 saturated carbocycles. The van der Waals surface area contributed by atoms with Crippen LogP contribution in [0, 0.1) is 0 Å². The molecule has 1 N–H and O–H groups in total. The van der Waals surface area contributed by atoms with Gasteiger partial charge >= 0.3 is 0 Å². The summed E-state index contributed by atoms with van der Waals surface area (Å²) in [4.78, 5) is 16.4. The van der Waals surface area contributed by atoms with E-state index >= 15 is 0 Å². The number of nitrogens with zero attached hydrogens (tertiary/aromatic N) is 2. The van der Waals surface area contributed by atoms with Crippen LogP contribution in [0.25, 0.3) is 0 Å². The van der Waals surface area contributed by atoms with Gasteiger partial charge in [-0.3, -0.25) is 9.69 Å². The SMILES string of the molecule is COCCN(CCO)CC(=O)N1c2ccccc2CC1C. The van der Waals surface area contributed by atoms with E-state index < -0.39 is 0 Å². The van der Waals surface area contributed by atoms with Gasteiger partial charge in [-0.1, -0.05) is 18.2 Å². The molecule has 1 atom stereocenters. The highest BCUT2D eigenvalue weighted by molar-refractivity contribution is 5.97. The van der Waals surface area contributed by atoms with Crippen LogP contribution in [0.1, 0.15) is 12.5 Å². The summed E-state index contributed by atoms with van der Waals surface area (Å²) >= 11 is 0. The van der Waals surface area contributed by atoms with Gasteiger partial charge in [0.1, 0.15) is 0 Å². The second-order valence-corrected chi connectivity index (χ2v) is 5.44. The van der Waals surface area contributed by atoms with Crippen LogP contribution in [-0.2, 0) is 16.0 Å². The molecule has 0 spiro atoms. The molecule has 1 aromatic carbocycles. The Labute approximate surface area is 126 Å². The maximum atomic E-state index is 12.6. The van der Waals surface area contributed by atoms with Gasteiger partial charge in [-0.15, -0.1) is 0 Å². The van der Waals surface area contributed by atoms with Crippen molar-refractivity contribution in [2.45, 2.75) is 19.4 Å². The molecule has 0 bridgehead atoms. The van der Waals surface area contributed by atoms with E-state index in [1.165, 1.54) is 5.56 Å². The fraction of sp³-hybridized carbons (Fsp3) is 0.562. The molecule has 0 aliphatic carbocycles. The lowest BCUT2D eigenvalue weighted by atomic mass is 10.1. The molecule has 21 heavy (non-hydrogen) atoms. The van der Waals surface area contributed by atoms with Gasteiger partial charge in [0.15, 0.2) is 0 Å². The van der Waals surface area contributed by atoms with Crippen LogP contribution >= 0.6 is 0 Å². The molecule has 1 unspecified atom stereocenters. The van der Waals surface area contributed by atoms with Crippen molar-refractivity contribution < 1.29 is 14.6 Å². The molecule has 1 aromatic rings. The van der Waals surface area contributed by atoms with Gasteiger partial charge in [0, 0.05) is 31.9 Å². The second-order valence-electron chi connectivity index (χ2n) is 5.44. The highest BCUT2D eigenvalue weighted by atomic mass is 16.5. The second kappa shape index (κ2) is 7.54. The quantitative estimate of drug-likeness (QED) is 0.811. The monoisotopic (exact) mass is 292 g/mol. The number of rotatable bonds is 7. The summed E-state index contributed by atoms with van der Waals surface area (Å²) < 4.78 is 5.05. The van der Waals surface area contributed by atoms with Crippen LogP contribution in [0.2, 0.25) is 0 Å². The first-order chi connectivity index (χ1) is 10.2. The van der Waals surface area contributed by atoms with Gasteiger partial charge in [0.2, 0.25) is 5.91 Å². The third-order valence-corrected chi connectivity index (χ3v) is 3.86.